The van der Waals surface area contributed by atoms with Gasteiger partial charge in [0.1, 0.15) is 0 Å². The Morgan fingerprint density at radius 3 is 2.29 bits per heavy atom. The van der Waals surface area contributed by atoms with Crippen LogP contribution in [0, 0.1) is 0 Å². The fraction of sp³-hybridized carbons (Fsp3) is 0.364. The van der Waals surface area contributed by atoms with E-state index < -0.39 is 11.7 Å². The molecule has 2 aromatic rings. The topological polar surface area (TPSA) is 67.9 Å². The summed E-state index contributed by atoms with van der Waals surface area (Å²) in [5, 5.41) is 2.56. The van der Waals surface area contributed by atoms with Gasteiger partial charge in [-0.2, -0.15) is 13.2 Å². The first-order valence-electron chi connectivity index (χ1n) is 9.80. The molecule has 0 unspecified atom stereocenters. The Morgan fingerprint density at radius 2 is 1.71 bits per heavy atom. The Bertz CT molecular complexity index is 912. The lowest BCUT2D eigenvalue weighted by atomic mass is 10.2. The fourth-order valence-corrected chi connectivity index (χ4v) is 3.05. The number of benzene rings is 2. The van der Waals surface area contributed by atoms with Crippen molar-refractivity contribution in [3.05, 3.63) is 54.1 Å². The minimum Gasteiger partial charge on any atom is -0.493 e. The second-order valence-corrected chi connectivity index (χ2v) is 7.13. The van der Waals surface area contributed by atoms with Crippen LogP contribution in [0.1, 0.15) is 24.8 Å². The summed E-state index contributed by atoms with van der Waals surface area (Å²) >= 11 is 0. The predicted octanol–water partition coefficient (Wildman–Crippen LogP) is 4.11. The summed E-state index contributed by atoms with van der Waals surface area (Å²) in [6.45, 7) is 0.0165. The van der Waals surface area contributed by atoms with Gasteiger partial charge < -0.3 is 19.7 Å². The van der Waals surface area contributed by atoms with Crippen molar-refractivity contribution >= 4 is 17.5 Å². The largest absolute Gasteiger partial charge is 0.493 e. The van der Waals surface area contributed by atoms with Crippen LogP contribution in [0.25, 0.3) is 0 Å². The van der Waals surface area contributed by atoms with Gasteiger partial charge in [0.15, 0.2) is 18.1 Å². The number of carbonyl (C=O) groups is 2. The molecule has 1 N–H and O–H groups in total. The molecule has 0 atom stereocenters. The zero-order chi connectivity index (χ0) is 22.4. The Hall–Kier alpha value is -3.23. The van der Waals surface area contributed by atoms with Gasteiger partial charge >= 0.3 is 6.18 Å². The van der Waals surface area contributed by atoms with Crippen molar-refractivity contribution in [2.45, 2.75) is 31.5 Å². The Balaban J connectivity index is 1.51. The number of ether oxygens (including phenoxy) is 2. The van der Waals surface area contributed by atoms with Gasteiger partial charge in [-0.3, -0.25) is 9.59 Å². The first-order valence-corrected chi connectivity index (χ1v) is 9.80. The van der Waals surface area contributed by atoms with Gasteiger partial charge in [0.25, 0.3) is 5.91 Å². The molecule has 166 valence electrons. The van der Waals surface area contributed by atoms with Crippen molar-refractivity contribution < 1.29 is 32.2 Å². The quantitative estimate of drug-likeness (QED) is 0.642. The number of anilines is 1. The van der Waals surface area contributed by atoms with Gasteiger partial charge in [-0.25, -0.2) is 0 Å². The van der Waals surface area contributed by atoms with Crippen LogP contribution in [0.3, 0.4) is 0 Å². The van der Waals surface area contributed by atoms with Crippen molar-refractivity contribution in [1.82, 2.24) is 4.90 Å². The average molecular weight is 436 g/mol. The van der Waals surface area contributed by atoms with Gasteiger partial charge in [0.2, 0.25) is 5.91 Å². The van der Waals surface area contributed by atoms with E-state index in [0.717, 1.165) is 25.0 Å². The third kappa shape index (κ3) is 6.37. The maximum atomic E-state index is 12.6. The zero-order valence-corrected chi connectivity index (χ0v) is 16.9. The minimum absolute atomic E-state index is 0.0257. The lowest BCUT2D eigenvalue weighted by molar-refractivity contribution is -0.137. The number of alkyl halides is 3. The van der Waals surface area contributed by atoms with E-state index in [1.807, 2.05) is 0 Å². The molecule has 31 heavy (non-hydrogen) atoms. The molecule has 0 aromatic heterocycles. The van der Waals surface area contributed by atoms with Crippen molar-refractivity contribution in [3.63, 3.8) is 0 Å². The molecule has 0 bridgehead atoms. The molecule has 1 aliphatic carbocycles. The summed E-state index contributed by atoms with van der Waals surface area (Å²) in [5.74, 6) is 0.345. The molecule has 2 aromatic carbocycles. The molecule has 2 amide bonds. The van der Waals surface area contributed by atoms with Gasteiger partial charge in [-0.05, 0) is 49.2 Å². The number of hydrogen-bond acceptors (Lipinski definition) is 4. The fourth-order valence-electron chi connectivity index (χ4n) is 3.05. The molecule has 1 fully saturated rings. The number of rotatable bonds is 9. The summed E-state index contributed by atoms with van der Waals surface area (Å²) in [7, 11) is 1.51. The van der Waals surface area contributed by atoms with Crippen LogP contribution in [-0.2, 0) is 15.8 Å². The molecule has 0 radical (unpaired) electrons. The molecule has 3 rings (SSSR count). The monoisotopic (exact) mass is 436 g/mol. The Kier molecular flexibility index (Phi) is 7.04. The average Bonchev–Trinajstić information content (AvgIpc) is 3.57. The summed E-state index contributed by atoms with van der Waals surface area (Å²) < 4.78 is 48.6. The number of para-hydroxylation sites is 2. The smallest absolute Gasteiger partial charge is 0.416 e. The van der Waals surface area contributed by atoms with E-state index in [0.29, 0.717) is 11.5 Å². The van der Waals surface area contributed by atoms with E-state index in [1.54, 1.807) is 29.2 Å². The molecular weight excluding hydrogens is 413 g/mol. The first kappa shape index (κ1) is 22.5. The maximum Gasteiger partial charge on any atom is 0.416 e. The van der Waals surface area contributed by atoms with E-state index in [2.05, 4.69) is 5.32 Å². The number of carbonyl (C=O) groups excluding carboxylic acids is 2. The highest BCUT2D eigenvalue weighted by Crippen LogP contribution is 2.30. The SMILES string of the molecule is COc1ccccc1OCC(=O)N(CCC(=O)Nc1ccc(C(F)(F)F)cc1)C1CC1. The Labute approximate surface area is 177 Å². The summed E-state index contributed by atoms with van der Waals surface area (Å²) in [6, 6.07) is 11.3. The molecule has 0 aliphatic heterocycles. The second kappa shape index (κ2) is 9.72. The number of amides is 2. The second-order valence-electron chi connectivity index (χ2n) is 7.13. The highest BCUT2D eigenvalue weighted by molar-refractivity contribution is 5.91. The minimum atomic E-state index is -4.43. The normalized spacial score (nSPS) is 13.4. The maximum absolute atomic E-state index is 12.6. The summed E-state index contributed by atoms with van der Waals surface area (Å²) in [5.41, 5.74) is -0.521. The number of methoxy groups -OCH3 is 1. The standard InChI is InChI=1S/C22H23F3N2O4/c1-30-18-4-2-3-5-19(18)31-14-21(29)27(17-10-11-17)13-12-20(28)26-16-8-6-15(7-9-16)22(23,24)25/h2-9,17H,10-14H2,1H3,(H,26,28). The van der Waals surface area contributed by atoms with Crippen molar-refractivity contribution in [3.8, 4) is 11.5 Å². The van der Waals surface area contributed by atoms with Crippen LogP contribution in [0.5, 0.6) is 11.5 Å². The van der Waals surface area contributed by atoms with Crippen LogP contribution in [0.4, 0.5) is 18.9 Å². The Morgan fingerprint density at radius 1 is 1.06 bits per heavy atom. The summed E-state index contributed by atoms with van der Waals surface area (Å²) in [6.07, 6.45) is -2.68. The van der Waals surface area contributed by atoms with Crippen LogP contribution >= 0.6 is 0 Å². The van der Waals surface area contributed by atoms with E-state index in [4.69, 9.17) is 9.47 Å². The van der Waals surface area contributed by atoms with Crippen molar-refractivity contribution in [2.75, 3.05) is 25.6 Å². The first-order chi connectivity index (χ1) is 14.8. The van der Waals surface area contributed by atoms with E-state index >= 15 is 0 Å². The van der Waals surface area contributed by atoms with Crippen LogP contribution in [-0.4, -0.2) is 43.0 Å². The van der Waals surface area contributed by atoms with Crippen LogP contribution in [0.15, 0.2) is 48.5 Å². The number of halogens is 3. The van der Waals surface area contributed by atoms with Crippen LogP contribution < -0.4 is 14.8 Å². The number of hydrogen-bond donors (Lipinski definition) is 1. The molecule has 9 heteroatoms. The van der Waals surface area contributed by atoms with Crippen molar-refractivity contribution in [2.24, 2.45) is 0 Å². The van der Waals surface area contributed by atoms with Gasteiger partial charge in [-0.1, -0.05) is 12.1 Å². The van der Waals surface area contributed by atoms with Gasteiger partial charge in [0.05, 0.1) is 12.7 Å². The lowest BCUT2D eigenvalue weighted by Gasteiger charge is -2.22. The number of nitrogens with zero attached hydrogens (tertiary/aromatic N) is 1. The molecule has 6 nitrogen and oxygen atoms in total. The molecule has 0 spiro atoms. The molecule has 1 aliphatic rings. The van der Waals surface area contributed by atoms with E-state index in [-0.39, 0.29) is 43.1 Å². The third-order valence-electron chi connectivity index (χ3n) is 4.80. The summed E-state index contributed by atoms with van der Waals surface area (Å²) in [4.78, 5) is 26.4. The van der Waals surface area contributed by atoms with Crippen molar-refractivity contribution in [1.29, 1.82) is 0 Å². The third-order valence-corrected chi connectivity index (χ3v) is 4.80. The van der Waals surface area contributed by atoms with E-state index in [9.17, 15) is 22.8 Å². The molecule has 0 heterocycles. The zero-order valence-electron chi connectivity index (χ0n) is 16.9. The predicted molar refractivity (Wildman–Crippen MR) is 108 cm³/mol. The van der Waals surface area contributed by atoms with Crippen LogP contribution in [0.2, 0.25) is 0 Å². The number of nitrogens with one attached hydrogen (secondary N) is 1. The molecule has 0 saturated heterocycles. The lowest BCUT2D eigenvalue weighted by Crippen LogP contribution is -2.38. The van der Waals surface area contributed by atoms with E-state index in [1.165, 1.54) is 19.2 Å². The van der Waals surface area contributed by atoms with Gasteiger partial charge in [-0.15, -0.1) is 0 Å². The highest BCUT2D eigenvalue weighted by Gasteiger charge is 2.33. The highest BCUT2D eigenvalue weighted by atomic mass is 19.4. The molecule has 1 saturated carbocycles. The van der Waals surface area contributed by atoms with Gasteiger partial charge in [0, 0.05) is 24.7 Å². The molecular formula is C22H23F3N2O4.